The van der Waals surface area contributed by atoms with Crippen LogP contribution in [-0.2, 0) is 0 Å². The molecule has 0 aromatic rings. The third-order valence-corrected chi connectivity index (χ3v) is 3.22. The SMILES string of the molecule is CC(C)N1CCN(CC[N+](C)(C)C)CC1. The van der Waals surface area contributed by atoms with Crippen molar-refractivity contribution in [3.63, 3.8) is 0 Å². The summed E-state index contributed by atoms with van der Waals surface area (Å²) >= 11 is 0. The van der Waals surface area contributed by atoms with Gasteiger partial charge in [0.2, 0.25) is 0 Å². The minimum atomic E-state index is 0.713. The van der Waals surface area contributed by atoms with E-state index in [1.165, 1.54) is 39.3 Å². The van der Waals surface area contributed by atoms with E-state index in [9.17, 15) is 0 Å². The second-order valence-corrected chi connectivity index (χ2v) is 5.99. The molecule has 0 spiro atoms. The summed E-state index contributed by atoms with van der Waals surface area (Å²) in [6.07, 6.45) is 0. The van der Waals surface area contributed by atoms with E-state index in [-0.39, 0.29) is 0 Å². The topological polar surface area (TPSA) is 6.48 Å². The lowest BCUT2D eigenvalue weighted by atomic mass is 10.2. The first-order valence-corrected chi connectivity index (χ1v) is 6.15. The molecule has 0 N–H and O–H groups in total. The Balaban J connectivity index is 2.20. The Morgan fingerprint density at radius 3 is 1.93 bits per heavy atom. The number of hydrogen-bond acceptors (Lipinski definition) is 2. The third kappa shape index (κ3) is 4.96. The lowest BCUT2D eigenvalue weighted by Gasteiger charge is -2.37. The first kappa shape index (κ1) is 12.9. The van der Waals surface area contributed by atoms with Gasteiger partial charge in [0.15, 0.2) is 0 Å². The number of piperazine rings is 1. The molecule has 0 radical (unpaired) electrons. The molecule has 90 valence electrons. The minimum Gasteiger partial charge on any atom is -0.330 e. The molecule has 3 heteroatoms. The molecule has 0 unspecified atom stereocenters. The summed E-state index contributed by atoms with van der Waals surface area (Å²) in [5, 5.41) is 0. The Morgan fingerprint density at radius 2 is 1.53 bits per heavy atom. The molecule has 1 fully saturated rings. The van der Waals surface area contributed by atoms with Crippen molar-refractivity contribution >= 4 is 0 Å². The van der Waals surface area contributed by atoms with Gasteiger partial charge < -0.3 is 4.48 Å². The average Bonchev–Trinajstić information content (AvgIpc) is 2.14. The smallest absolute Gasteiger partial charge is 0.0909 e. The number of hydrogen-bond donors (Lipinski definition) is 0. The first-order valence-electron chi connectivity index (χ1n) is 6.15. The second-order valence-electron chi connectivity index (χ2n) is 5.99. The van der Waals surface area contributed by atoms with Gasteiger partial charge in [-0.25, -0.2) is 0 Å². The lowest BCUT2D eigenvalue weighted by molar-refractivity contribution is -0.869. The van der Waals surface area contributed by atoms with Gasteiger partial charge in [-0.3, -0.25) is 9.80 Å². The van der Waals surface area contributed by atoms with Crippen molar-refractivity contribution in [3.05, 3.63) is 0 Å². The van der Waals surface area contributed by atoms with E-state index in [2.05, 4.69) is 44.8 Å². The maximum Gasteiger partial charge on any atom is 0.0909 e. The highest BCUT2D eigenvalue weighted by Crippen LogP contribution is 2.05. The van der Waals surface area contributed by atoms with Crippen molar-refractivity contribution < 1.29 is 4.48 Å². The number of rotatable bonds is 4. The van der Waals surface area contributed by atoms with E-state index in [1.807, 2.05) is 0 Å². The molecule has 0 saturated carbocycles. The zero-order valence-electron chi connectivity index (χ0n) is 11.2. The summed E-state index contributed by atoms with van der Waals surface area (Å²) in [5.74, 6) is 0. The molecule has 1 aliphatic rings. The molecular weight excluding hydrogens is 186 g/mol. The van der Waals surface area contributed by atoms with Crippen LogP contribution in [0, 0.1) is 0 Å². The van der Waals surface area contributed by atoms with Gasteiger partial charge >= 0.3 is 0 Å². The highest BCUT2D eigenvalue weighted by atomic mass is 15.3. The Labute approximate surface area is 95.2 Å². The number of nitrogens with zero attached hydrogens (tertiary/aromatic N) is 3. The molecule has 0 bridgehead atoms. The Kier molecular flexibility index (Phi) is 4.56. The number of quaternary nitrogens is 1. The van der Waals surface area contributed by atoms with Crippen LogP contribution in [-0.4, -0.2) is 80.7 Å². The van der Waals surface area contributed by atoms with Crippen LogP contribution in [0.2, 0.25) is 0 Å². The summed E-state index contributed by atoms with van der Waals surface area (Å²) in [5.41, 5.74) is 0. The van der Waals surface area contributed by atoms with Crippen molar-refractivity contribution in [1.82, 2.24) is 9.80 Å². The zero-order chi connectivity index (χ0) is 11.5. The molecule has 1 rings (SSSR count). The van der Waals surface area contributed by atoms with Crippen molar-refractivity contribution in [1.29, 1.82) is 0 Å². The van der Waals surface area contributed by atoms with Crippen LogP contribution in [0.15, 0.2) is 0 Å². The van der Waals surface area contributed by atoms with Gasteiger partial charge in [0.05, 0.1) is 27.7 Å². The van der Waals surface area contributed by atoms with Crippen LogP contribution >= 0.6 is 0 Å². The largest absolute Gasteiger partial charge is 0.330 e. The Morgan fingerprint density at radius 1 is 1.00 bits per heavy atom. The van der Waals surface area contributed by atoms with Crippen molar-refractivity contribution in [2.24, 2.45) is 0 Å². The zero-order valence-corrected chi connectivity index (χ0v) is 11.2. The number of likely N-dealkylation sites (N-methyl/N-ethyl adjacent to an activating group) is 1. The van der Waals surface area contributed by atoms with Crippen LogP contribution in [0.5, 0.6) is 0 Å². The van der Waals surface area contributed by atoms with Gasteiger partial charge in [0.1, 0.15) is 0 Å². The van der Waals surface area contributed by atoms with Gasteiger partial charge in [-0.1, -0.05) is 0 Å². The Bertz CT molecular complexity index is 176. The van der Waals surface area contributed by atoms with E-state index < -0.39 is 0 Å². The molecule has 0 amide bonds. The Hall–Kier alpha value is -0.120. The predicted molar refractivity (Wildman–Crippen MR) is 66.0 cm³/mol. The van der Waals surface area contributed by atoms with Crippen molar-refractivity contribution in [2.45, 2.75) is 19.9 Å². The third-order valence-electron chi connectivity index (χ3n) is 3.22. The van der Waals surface area contributed by atoms with E-state index in [1.54, 1.807) is 0 Å². The highest BCUT2D eigenvalue weighted by Gasteiger charge is 2.19. The molecule has 0 aromatic heterocycles. The maximum absolute atomic E-state index is 2.60. The molecular formula is C12H28N3+. The van der Waals surface area contributed by atoms with Crippen LogP contribution in [0.1, 0.15) is 13.8 Å². The minimum absolute atomic E-state index is 0.713. The van der Waals surface area contributed by atoms with Gasteiger partial charge in [-0.15, -0.1) is 0 Å². The van der Waals surface area contributed by atoms with Crippen LogP contribution < -0.4 is 0 Å². The van der Waals surface area contributed by atoms with Crippen molar-refractivity contribution in [2.75, 3.05) is 60.4 Å². The van der Waals surface area contributed by atoms with Crippen LogP contribution in [0.4, 0.5) is 0 Å². The van der Waals surface area contributed by atoms with E-state index in [0.29, 0.717) is 6.04 Å². The summed E-state index contributed by atoms with van der Waals surface area (Å²) in [7, 11) is 6.80. The van der Waals surface area contributed by atoms with E-state index in [0.717, 1.165) is 4.48 Å². The van der Waals surface area contributed by atoms with E-state index >= 15 is 0 Å². The molecule has 1 saturated heterocycles. The fourth-order valence-corrected chi connectivity index (χ4v) is 1.94. The molecule has 0 aromatic carbocycles. The molecule has 15 heavy (non-hydrogen) atoms. The van der Waals surface area contributed by atoms with Gasteiger partial charge in [-0.05, 0) is 13.8 Å². The van der Waals surface area contributed by atoms with E-state index in [4.69, 9.17) is 0 Å². The molecule has 0 aliphatic carbocycles. The lowest BCUT2D eigenvalue weighted by Crippen LogP contribution is -2.51. The highest BCUT2D eigenvalue weighted by molar-refractivity contribution is 4.73. The summed E-state index contributed by atoms with van der Waals surface area (Å²) < 4.78 is 1.07. The monoisotopic (exact) mass is 214 g/mol. The summed E-state index contributed by atoms with van der Waals surface area (Å²) in [6.45, 7) is 12.1. The quantitative estimate of drug-likeness (QED) is 0.636. The maximum atomic E-state index is 2.60. The van der Waals surface area contributed by atoms with Gasteiger partial charge in [0, 0.05) is 38.8 Å². The summed E-state index contributed by atoms with van der Waals surface area (Å²) in [4.78, 5) is 5.17. The fraction of sp³-hybridized carbons (Fsp3) is 1.00. The first-order chi connectivity index (χ1) is 6.88. The molecule has 3 nitrogen and oxygen atoms in total. The van der Waals surface area contributed by atoms with Crippen LogP contribution in [0.3, 0.4) is 0 Å². The predicted octanol–water partition coefficient (Wildman–Crippen LogP) is 0.719. The molecule has 1 aliphatic heterocycles. The summed E-state index contributed by atoms with van der Waals surface area (Å²) in [6, 6.07) is 0.713. The van der Waals surface area contributed by atoms with Crippen LogP contribution in [0.25, 0.3) is 0 Å². The normalized spacial score (nSPS) is 21.2. The fourth-order valence-electron chi connectivity index (χ4n) is 1.94. The second kappa shape index (κ2) is 5.28. The molecule has 1 heterocycles. The van der Waals surface area contributed by atoms with Gasteiger partial charge in [0.25, 0.3) is 0 Å². The standard InChI is InChI=1S/C12H28N3/c1-12(2)14-8-6-13(7-9-14)10-11-15(3,4)5/h12H,6-11H2,1-5H3/q+1. The molecule has 0 atom stereocenters. The van der Waals surface area contributed by atoms with Crippen molar-refractivity contribution in [3.8, 4) is 0 Å². The average molecular weight is 214 g/mol. The van der Waals surface area contributed by atoms with Gasteiger partial charge in [-0.2, -0.15) is 0 Å².